The first-order valence-electron chi connectivity index (χ1n) is 7.66. The van der Waals surface area contributed by atoms with Crippen molar-refractivity contribution in [2.75, 3.05) is 25.6 Å². The molecule has 1 amide bonds. The van der Waals surface area contributed by atoms with E-state index in [4.69, 9.17) is 14.2 Å². The van der Waals surface area contributed by atoms with E-state index in [1.807, 2.05) is 6.07 Å². The molecule has 6 nitrogen and oxygen atoms in total. The Morgan fingerprint density at radius 3 is 2.56 bits per heavy atom. The number of rotatable bonds is 4. The van der Waals surface area contributed by atoms with E-state index < -0.39 is 5.91 Å². The van der Waals surface area contributed by atoms with Gasteiger partial charge >= 0.3 is 0 Å². The van der Waals surface area contributed by atoms with Crippen molar-refractivity contribution < 1.29 is 19.0 Å². The van der Waals surface area contributed by atoms with Crippen molar-refractivity contribution in [1.29, 1.82) is 5.26 Å². The van der Waals surface area contributed by atoms with Crippen molar-refractivity contribution in [3.63, 3.8) is 0 Å². The Kier molecular flexibility index (Phi) is 4.86. The first-order valence-corrected chi connectivity index (χ1v) is 7.66. The van der Waals surface area contributed by atoms with Gasteiger partial charge in [0, 0.05) is 11.8 Å². The van der Waals surface area contributed by atoms with Gasteiger partial charge in [-0.2, -0.15) is 5.26 Å². The highest BCUT2D eigenvalue weighted by molar-refractivity contribution is 6.09. The molecule has 1 heterocycles. The number of nitriles is 1. The monoisotopic (exact) mass is 336 g/mol. The lowest BCUT2D eigenvalue weighted by molar-refractivity contribution is -0.112. The highest BCUT2D eigenvalue weighted by Gasteiger charge is 2.14. The molecule has 6 heteroatoms. The van der Waals surface area contributed by atoms with Crippen molar-refractivity contribution in [2.45, 2.75) is 0 Å². The van der Waals surface area contributed by atoms with E-state index >= 15 is 0 Å². The molecule has 0 bridgehead atoms. The summed E-state index contributed by atoms with van der Waals surface area (Å²) in [6, 6.07) is 14.1. The van der Waals surface area contributed by atoms with Crippen molar-refractivity contribution in [1.82, 2.24) is 0 Å². The van der Waals surface area contributed by atoms with Gasteiger partial charge in [0.1, 0.15) is 30.6 Å². The van der Waals surface area contributed by atoms with Crippen LogP contribution in [0, 0.1) is 11.3 Å². The average molecular weight is 336 g/mol. The standard InChI is InChI=1S/C19H16N2O4/c1-23-16-5-2-13(3-6-16)10-14(12-20)19(22)21-15-4-7-17-18(11-15)25-9-8-24-17/h2-7,10-11H,8-9H2,1H3,(H,21,22)/b14-10-. The third-order valence-electron chi connectivity index (χ3n) is 3.59. The molecular formula is C19H16N2O4. The smallest absolute Gasteiger partial charge is 0.266 e. The number of fused-ring (bicyclic) bond motifs is 1. The molecule has 0 aliphatic carbocycles. The fraction of sp³-hybridized carbons (Fsp3) is 0.158. The van der Waals surface area contributed by atoms with Crippen LogP contribution in [0.4, 0.5) is 5.69 Å². The maximum absolute atomic E-state index is 12.3. The van der Waals surface area contributed by atoms with Crippen LogP contribution in [0.15, 0.2) is 48.0 Å². The third-order valence-corrected chi connectivity index (χ3v) is 3.59. The highest BCUT2D eigenvalue weighted by Crippen LogP contribution is 2.32. The Balaban J connectivity index is 1.76. The number of hydrogen-bond donors (Lipinski definition) is 1. The largest absolute Gasteiger partial charge is 0.497 e. The first-order chi connectivity index (χ1) is 12.2. The highest BCUT2D eigenvalue weighted by atomic mass is 16.6. The zero-order chi connectivity index (χ0) is 17.6. The second-order valence-corrected chi connectivity index (χ2v) is 5.26. The van der Waals surface area contributed by atoms with Gasteiger partial charge in [-0.15, -0.1) is 0 Å². The minimum absolute atomic E-state index is 0.0000518. The second kappa shape index (κ2) is 7.41. The summed E-state index contributed by atoms with van der Waals surface area (Å²) in [7, 11) is 1.58. The Labute approximate surface area is 145 Å². The Morgan fingerprint density at radius 1 is 1.16 bits per heavy atom. The van der Waals surface area contributed by atoms with Gasteiger partial charge < -0.3 is 19.5 Å². The SMILES string of the molecule is COc1ccc(/C=C(/C#N)C(=O)Nc2ccc3c(c2)OCCO3)cc1. The van der Waals surface area contributed by atoms with Crippen molar-refractivity contribution >= 4 is 17.7 Å². The Bertz CT molecular complexity index is 851. The normalized spacial score (nSPS) is 12.9. The summed E-state index contributed by atoms with van der Waals surface area (Å²) in [6.45, 7) is 0.965. The molecule has 0 spiro atoms. The van der Waals surface area contributed by atoms with E-state index in [0.29, 0.717) is 36.1 Å². The van der Waals surface area contributed by atoms with Crippen LogP contribution >= 0.6 is 0 Å². The van der Waals surface area contributed by atoms with Gasteiger partial charge in [-0.25, -0.2) is 0 Å². The van der Waals surface area contributed by atoms with E-state index in [9.17, 15) is 10.1 Å². The van der Waals surface area contributed by atoms with Gasteiger partial charge in [-0.05, 0) is 35.9 Å². The lowest BCUT2D eigenvalue weighted by Gasteiger charge is -2.18. The van der Waals surface area contributed by atoms with Gasteiger partial charge in [-0.1, -0.05) is 12.1 Å². The molecule has 0 unspecified atom stereocenters. The Hall–Kier alpha value is -3.46. The maximum Gasteiger partial charge on any atom is 0.266 e. The predicted molar refractivity (Wildman–Crippen MR) is 92.6 cm³/mol. The molecule has 2 aromatic rings. The van der Waals surface area contributed by atoms with Gasteiger partial charge in [0.15, 0.2) is 11.5 Å². The van der Waals surface area contributed by atoms with E-state index in [0.717, 1.165) is 5.56 Å². The lowest BCUT2D eigenvalue weighted by Crippen LogP contribution is -2.17. The van der Waals surface area contributed by atoms with Crippen LogP contribution in [-0.4, -0.2) is 26.2 Å². The summed E-state index contributed by atoms with van der Waals surface area (Å²) < 4.78 is 16.0. The number of nitrogens with one attached hydrogen (secondary N) is 1. The van der Waals surface area contributed by atoms with E-state index in [-0.39, 0.29) is 5.57 Å². The summed E-state index contributed by atoms with van der Waals surface area (Å²) in [4.78, 5) is 12.3. The number of carbonyl (C=O) groups excluding carboxylic acids is 1. The molecule has 0 fully saturated rings. The number of nitrogens with zero attached hydrogens (tertiary/aromatic N) is 1. The van der Waals surface area contributed by atoms with Gasteiger partial charge in [0.25, 0.3) is 5.91 Å². The van der Waals surface area contributed by atoms with Crippen LogP contribution in [0.25, 0.3) is 6.08 Å². The van der Waals surface area contributed by atoms with Gasteiger partial charge in [-0.3, -0.25) is 4.79 Å². The maximum atomic E-state index is 12.3. The zero-order valence-electron chi connectivity index (χ0n) is 13.6. The van der Waals surface area contributed by atoms with Gasteiger partial charge in [0.05, 0.1) is 7.11 Å². The fourth-order valence-corrected chi connectivity index (χ4v) is 2.33. The molecule has 0 saturated carbocycles. The van der Waals surface area contributed by atoms with Crippen LogP contribution in [0.2, 0.25) is 0 Å². The molecule has 2 aromatic carbocycles. The van der Waals surface area contributed by atoms with Crippen molar-refractivity contribution in [3.8, 4) is 23.3 Å². The third kappa shape index (κ3) is 3.90. The first kappa shape index (κ1) is 16.4. The quantitative estimate of drug-likeness (QED) is 0.686. The molecule has 0 aromatic heterocycles. The van der Waals surface area contributed by atoms with Crippen LogP contribution in [0.3, 0.4) is 0 Å². The van der Waals surface area contributed by atoms with Crippen molar-refractivity contribution in [2.24, 2.45) is 0 Å². The topological polar surface area (TPSA) is 80.6 Å². The van der Waals surface area contributed by atoms with Crippen LogP contribution in [0.5, 0.6) is 17.2 Å². The summed E-state index contributed by atoms with van der Waals surface area (Å²) in [6.07, 6.45) is 1.52. The van der Waals surface area contributed by atoms with Crippen molar-refractivity contribution in [3.05, 3.63) is 53.6 Å². The minimum atomic E-state index is -0.491. The number of hydrogen-bond acceptors (Lipinski definition) is 5. The molecule has 1 aliphatic heterocycles. The number of carbonyl (C=O) groups is 1. The molecule has 0 saturated heterocycles. The summed E-state index contributed by atoms with van der Waals surface area (Å²) in [5.74, 6) is 1.42. The number of amides is 1. The molecular weight excluding hydrogens is 320 g/mol. The van der Waals surface area contributed by atoms with Gasteiger partial charge in [0.2, 0.25) is 0 Å². The number of benzene rings is 2. The molecule has 126 valence electrons. The number of methoxy groups -OCH3 is 1. The minimum Gasteiger partial charge on any atom is -0.497 e. The number of anilines is 1. The summed E-state index contributed by atoms with van der Waals surface area (Å²) in [5.41, 5.74) is 1.26. The van der Waals surface area contributed by atoms with Crippen LogP contribution in [-0.2, 0) is 4.79 Å². The lowest BCUT2D eigenvalue weighted by atomic mass is 10.1. The predicted octanol–water partition coefficient (Wildman–Crippen LogP) is 3.01. The molecule has 0 atom stereocenters. The fourth-order valence-electron chi connectivity index (χ4n) is 2.33. The summed E-state index contributed by atoms with van der Waals surface area (Å²) in [5, 5.41) is 12.0. The molecule has 1 aliphatic rings. The molecule has 25 heavy (non-hydrogen) atoms. The van der Waals surface area contributed by atoms with E-state index in [1.165, 1.54) is 6.08 Å². The van der Waals surface area contributed by atoms with Crippen LogP contribution in [0.1, 0.15) is 5.56 Å². The van der Waals surface area contributed by atoms with Crippen LogP contribution < -0.4 is 19.5 Å². The summed E-state index contributed by atoms with van der Waals surface area (Å²) >= 11 is 0. The average Bonchev–Trinajstić information content (AvgIpc) is 2.66. The Morgan fingerprint density at radius 2 is 1.88 bits per heavy atom. The van der Waals surface area contributed by atoms with E-state index in [1.54, 1.807) is 49.6 Å². The zero-order valence-corrected chi connectivity index (χ0v) is 13.6. The second-order valence-electron chi connectivity index (χ2n) is 5.26. The molecule has 0 radical (unpaired) electrons. The van der Waals surface area contributed by atoms with E-state index in [2.05, 4.69) is 5.32 Å². The number of ether oxygens (including phenoxy) is 3. The molecule has 3 rings (SSSR count). The molecule has 1 N–H and O–H groups in total.